The third-order valence-corrected chi connectivity index (χ3v) is 6.60. The Morgan fingerprint density at radius 2 is 1.68 bits per heavy atom. The molecule has 0 aromatic heterocycles. The van der Waals surface area contributed by atoms with E-state index in [2.05, 4.69) is 6.92 Å². The monoisotopic (exact) mass is 476 g/mol. The first-order valence-corrected chi connectivity index (χ1v) is 12.1. The first-order chi connectivity index (χ1) is 14.7. The van der Waals surface area contributed by atoms with Crippen LogP contribution in [0.25, 0.3) is 0 Å². The third kappa shape index (κ3) is 7.43. The largest absolute Gasteiger partial charge is 0.462 e. The highest BCUT2D eigenvalue weighted by Gasteiger charge is 2.42. The summed E-state index contributed by atoms with van der Waals surface area (Å²) in [6.45, 7) is 6.57. The average Bonchev–Trinajstić information content (AvgIpc) is 2.67. The molecule has 2 rings (SSSR count). The Bertz CT molecular complexity index is 650. The van der Waals surface area contributed by atoms with Gasteiger partial charge in [0.15, 0.2) is 0 Å². The average molecular weight is 477 g/mol. The number of esters is 1. The maximum atomic E-state index is 12.8. The minimum absolute atomic E-state index is 0.0771. The number of Topliss-reactive ketones (excluding diaryl/α,β-unsaturated/α-hetero) is 1. The molecule has 1 saturated carbocycles. The van der Waals surface area contributed by atoms with Crippen molar-refractivity contribution < 1.29 is 23.9 Å². The Morgan fingerprint density at radius 3 is 2.19 bits per heavy atom. The summed E-state index contributed by atoms with van der Waals surface area (Å²) in [6, 6.07) is 0. The topological polar surface area (TPSA) is 84.0 Å². The van der Waals surface area contributed by atoms with Crippen LogP contribution in [0.3, 0.4) is 0 Å². The number of alkyl halides is 2. The van der Waals surface area contributed by atoms with Gasteiger partial charge < -0.3 is 4.74 Å². The van der Waals surface area contributed by atoms with Gasteiger partial charge in [-0.2, -0.15) is 0 Å². The van der Waals surface area contributed by atoms with Gasteiger partial charge in [0.05, 0.1) is 12.6 Å². The molecular weight excluding hydrogens is 443 g/mol. The number of carbonyl (C=O) groups is 4. The number of piperidine rings is 1. The van der Waals surface area contributed by atoms with Gasteiger partial charge in [0, 0.05) is 50.5 Å². The van der Waals surface area contributed by atoms with Gasteiger partial charge in [-0.3, -0.25) is 29.0 Å². The summed E-state index contributed by atoms with van der Waals surface area (Å²) in [4.78, 5) is 53.2. The van der Waals surface area contributed by atoms with Crippen LogP contribution in [0.4, 0.5) is 0 Å². The van der Waals surface area contributed by atoms with Crippen LogP contribution in [0.1, 0.15) is 52.9 Å². The molecule has 1 saturated heterocycles. The zero-order chi connectivity index (χ0) is 23.1. The number of imide groups is 1. The van der Waals surface area contributed by atoms with Crippen LogP contribution in [0.15, 0.2) is 0 Å². The van der Waals surface area contributed by atoms with E-state index in [1.165, 1.54) is 11.8 Å². The van der Waals surface area contributed by atoms with Crippen molar-refractivity contribution in [3.8, 4) is 0 Å². The van der Waals surface area contributed by atoms with Crippen LogP contribution in [-0.4, -0.2) is 71.0 Å². The van der Waals surface area contributed by atoms with Gasteiger partial charge in [-0.15, -0.1) is 23.2 Å². The molecule has 0 unspecified atom stereocenters. The van der Waals surface area contributed by atoms with E-state index in [0.29, 0.717) is 43.6 Å². The molecule has 0 spiro atoms. The molecule has 2 fully saturated rings. The lowest BCUT2D eigenvalue weighted by molar-refractivity contribution is -0.157. The fourth-order valence-corrected chi connectivity index (χ4v) is 5.32. The van der Waals surface area contributed by atoms with Gasteiger partial charge in [-0.1, -0.05) is 13.8 Å². The first-order valence-electron chi connectivity index (χ1n) is 11.0. The molecule has 4 atom stereocenters. The molecule has 9 heteroatoms. The number of likely N-dealkylation sites (tertiary alicyclic amines) is 1. The van der Waals surface area contributed by atoms with Crippen molar-refractivity contribution in [2.75, 3.05) is 31.5 Å². The summed E-state index contributed by atoms with van der Waals surface area (Å²) in [7, 11) is 0. The molecule has 176 valence electrons. The van der Waals surface area contributed by atoms with Crippen LogP contribution >= 0.6 is 23.2 Å². The Balaban J connectivity index is 2.06. The number of carbonyl (C=O) groups excluding carboxylic acids is 4. The van der Waals surface area contributed by atoms with Gasteiger partial charge in [-0.25, -0.2) is 0 Å². The number of hydrogen-bond acceptors (Lipinski definition) is 6. The highest BCUT2D eigenvalue weighted by Crippen LogP contribution is 2.36. The molecule has 0 N–H and O–H groups in total. The van der Waals surface area contributed by atoms with Crippen molar-refractivity contribution >= 4 is 46.8 Å². The van der Waals surface area contributed by atoms with E-state index >= 15 is 0 Å². The Kier molecular flexibility index (Phi) is 10.2. The molecule has 0 radical (unpaired) electrons. The van der Waals surface area contributed by atoms with E-state index in [1.807, 2.05) is 11.8 Å². The van der Waals surface area contributed by atoms with Crippen LogP contribution < -0.4 is 0 Å². The normalized spacial score (nSPS) is 26.5. The molecular formula is C22H34Cl2N2O5. The zero-order valence-corrected chi connectivity index (χ0v) is 20.2. The minimum Gasteiger partial charge on any atom is -0.462 e. The Morgan fingerprint density at radius 1 is 1.10 bits per heavy atom. The molecule has 1 aliphatic heterocycles. The summed E-state index contributed by atoms with van der Waals surface area (Å²) in [6.07, 6.45) is 1.60. The minimum atomic E-state index is -0.601. The molecule has 0 aromatic carbocycles. The Hall–Kier alpha value is -1.18. The molecule has 2 amide bonds. The predicted molar refractivity (Wildman–Crippen MR) is 119 cm³/mol. The summed E-state index contributed by atoms with van der Waals surface area (Å²) in [5.41, 5.74) is 0. The summed E-state index contributed by atoms with van der Waals surface area (Å²) in [5.74, 6) is -0.444. The Labute approximate surface area is 194 Å². The highest BCUT2D eigenvalue weighted by molar-refractivity contribution is 6.18. The fraction of sp³-hybridized carbons (Fsp3) is 0.818. The van der Waals surface area contributed by atoms with E-state index < -0.39 is 12.1 Å². The molecule has 7 nitrogen and oxygen atoms in total. The molecule has 0 aromatic rings. The van der Waals surface area contributed by atoms with E-state index in [1.54, 1.807) is 0 Å². The van der Waals surface area contributed by atoms with E-state index in [9.17, 15) is 19.2 Å². The lowest BCUT2D eigenvalue weighted by Gasteiger charge is -2.38. The second kappa shape index (κ2) is 12.2. The van der Waals surface area contributed by atoms with Crippen LogP contribution in [0, 0.1) is 23.7 Å². The maximum absolute atomic E-state index is 12.8. The standard InChI is InChI=1S/C22H34Cl2N2O5/c1-14-8-15(2)22(30)18(9-14)19(31-16(3)27)10-17-11-20(28)26(21(29)12-17)13-25(6-4-23)7-5-24/h14-15,17-19H,4-13H2,1-3H3/t14-,15-,18+,19-/m1/s1. The van der Waals surface area contributed by atoms with Crippen LogP contribution in [-0.2, 0) is 23.9 Å². The predicted octanol–water partition coefficient (Wildman–Crippen LogP) is 3.06. The number of nitrogens with zero attached hydrogens (tertiary/aromatic N) is 2. The van der Waals surface area contributed by atoms with Crippen molar-refractivity contribution in [2.45, 2.75) is 59.0 Å². The fourth-order valence-electron chi connectivity index (χ4n) is 4.84. The smallest absolute Gasteiger partial charge is 0.302 e. The van der Waals surface area contributed by atoms with Crippen molar-refractivity contribution in [1.29, 1.82) is 0 Å². The highest BCUT2D eigenvalue weighted by atomic mass is 35.5. The van der Waals surface area contributed by atoms with Crippen LogP contribution in [0.5, 0.6) is 0 Å². The zero-order valence-electron chi connectivity index (χ0n) is 18.6. The number of amides is 2. The number of halogens is 2. The first kappa shape index (κ1) is 26.1. The number of hydrogen-bond donors (Lipinski definition) is 0. The van der Waals surface area contributed by atoms with Gasteiger partial charge in [0.1, 0.15) is 11.9 Å². The van der Waals surface area contributed by atoms with E-state index in [0.717, 1.165) is 6.42 Å². The van der Waals surface area contributed by atoms with Gasteiger partial charge in [0.2, 0.25) is 11.8 Å². The molecule has 1 aliphatic carbocycles. The SMILES string of the molecule is CC(=O)O[C@H](CC1CC(=O)N(CN(CCCl)CCCl)C(=O)C1)[C@@H]1C[C@H](C)C[C@@H](C)C1=O. The third-order valence-electron chi connectivity index (χ3n) is 6.27. The lowest BCUT2D eigenvalue weighted by Crippen LogP contribution is -2.50. The van der Waals surface area contributed by atoms with Crippen molar-refractivity contribution in [2.24, 2.45) is 23.7 Å². The number of ketones is 1. The summed E-state index contributed by atoms with van der Waals surface area (Å²) < 4.78 is 5.55. The van der Waals surface area contributed by atoms with E-state index in [4.69, 9.17) is 27.9 Å². The van der Waals surface area contributed by atoms with Gasteiger partial charge in [-0.05, 0) is 31.1 Å². The lowest BCUT2D eigenvalue weighted by atomic mass is 9.71. The number of rotatable bonds is 10. The van der Waals surface area contributed by atoms with Crippen molar-refractivity contribution in [3.63, 3.8) is 0 Å². The molecule has 0 bridgehead atoms. The molecule has 31 heavy (non-hydrogen) atoms. The quantitative estimate of drug-likeness (QED) is 0.273. The van der Waals surface area contributed by atoms with Gasteiger partial charge >= 0.3 is 5.97 Å². The van der Waals surface area contributed by atoms with E-state index in [-0.39, 0.29) is 54.9 Å². The van der Waals surface area contributed by atoms with Crippen LogP contribution in [0.2, 0.25) is 0 Å². The summed E-state index contributed by atoms with van der Waals surface area (Å²) >= 11 is 11.6. The molecule has 2 aliphatic rings. The van der Waals surface area contributed by atoms with Crippen molar-refractivity contribution in [1.82, 2.24) is 9.80 Å². The second-order valence-electron chi connectivity index (χ2n) is 9.00. The molecule has 1 heterocycles. The summed E-state index contributed by atoms with van der Waals surface area (Å²) in [5, 5.41) is 0. The maximum Gasteiger partial charge on any atom is 0.302 e. The number of ether oxygens (including phenoxy) is 1. The second-order valence-corrected chi connectivity index (χ2v) is 9.75. The van der Waals surface area contributed by atoms with Crippen molar-refractivity contribution in [3.05, 3.63) is 0 Å². The van der Waals surface area contributed by atoms with Gasteiger partial charge in [0.25, 0.3) is 0 Å².